The van der Waals surface area contributed by atoms with Crippen molar-refractivity contribution in [3.8, 4) is 0 Å². The summed E-state index contributed by atoms with van der Waals surface area (Å²) in [4.78, 5) is 14.1. The molecule has 130 valence electrons. The summed E-state index contributed by atoms with van der Waals surface area (Å²) in [6.45, 7) is 3.96. The normalized spacial score (nSPS) is 11.9. The lowest BCUT2D eigenvalue weighted by molar-refractivity contribution is 0.0775. The first-order valence-corrected chi connectivity index (χ1v) is 9.03. The zero-order valence-corrected chi connectivity index (χ0v) is 15.1. The van der Waals surface area contributed by atoms with Crippen molar-refractivity contribution in [2.45, 2.75) is 31.3 Å². The van der Waals surface area contributed by atoms with Crippen molar-refractivity contribution in [1.29, 1.82) is 0 Å². The molecule has 0 saturated heterocycles. The highest BCUT2D eigenvalue weighted by Crippen LogP contribution is 2.18. The van der Waals surface area contributed by atoms with E-state index in [-0.39, 0.29) is 16.8 Å². The van der Waals surface area contributed by atoms with E-state index in [0.717, 1.165) is 0 Å². The van der Waals surface area contributed by atoms with Gasteiger partial charge in [-0.1, -0.05) is 0 Å². The van der Waals surface area contributed by atoms with E-state index in [9.17, 15) is 13.2 Å². The number of hydrogen-bond acceptors (Lipinski definition) is 4. The second kappa shape index (κ2) is 7.19. The summed E-state index contributed by atoms with van der Waals surface area (Å²) in [6.07, 6.45) is 1.55. The fourth-order valence-corrected chi connectivity index (χ4v) is 3.51. The summed E-state index contributed by atoms with van der Waals surface area (Å²) >= 11 is 0. The number of benzene rings is 1. The molecule has 6 nitrogen and oxygen atoms in total. The zero-order chi connectivity index (χ0) is 17.9. The summed E-state index contributed by atoms with van der Waals surface area (Å²) in [5, 5.41) is 0. The highest BCUT2D eigenvalue weighted by molar-refractivity contribution is 7.89. The number of furan rings is 1. The Morgan fingerprint density at radius 3 is 2.25 bits per heavy atom. The van der Waals surface area contributed by atoms with Crippen LogP contribution in [0.2, 0.25) is 0 Å². The lowest BCUT2D eigenvalue weighted by atomic mass is 10.2. The highest BCUT2D eigenvalue weighted by atomic mass is 32.2. The molecule has 0 unspecified atom stereocenters. The van der Waals surface area contributed by atoms with Gasteiger partial charge in [0.05, 0.1) is 17.7 Å². The zero-order valence-electron chi connectivity index (χ0n) is 14.3. The molecule has 0 saturated carbocycles. The molecule has 0 spiro atoms. The maximum Gasteiger partial charge on any atom is 0.254 e. The lowest BCUT2D eigenvalue weighted by Gasteiger charge is -2.21. The summed E-state index contributed by atoms with van der Waals surface area (Å²) in [5.41, 5.74) is 0.426. The Kier molecular flexibility index (Phi) is 5.46. The SMILES string of the molecule is CC(C)N(C)S(=O)(=O)c1ccc(C(=O)N(C)Cc2ccco2)cc1. The molecular formula is C17H22N2O4S. The molecule has 0 fully saturated rings. The van der Waals surface area contributed by atoms with Crippen LogP contribution in [0.1, 0.15) is 30.0 Å². The Bertz CT molecular complexity index is 781. The van der Waals surface area contributed by atoms with Gasteiger partial charge in [-0.25, -0.2) is 8.42 Å². The van der Waals surface area contributed by atoms with Crippen LogP contribution in [0.15, 0.2) is 52.0 Å². The number of nitrogens with zero attached hydrogens (tertiary/aromatic N) is 2. The summed E-state index contributed by atoms with van der Waals surface area (Å²) in [6, 6.07) is 9.39. The van der Waals surface area contributed by atoms with Crippen LogP contribution in [0.5, 0.6) is 0 Å². The Labute approximate surface area is 142 Å². The first-order chi connectivity index (χ1) is 11.2. The van der Waals surface area contributed by atoms with Gasteiger partial charge in [0, 0.05) is 25.7 Å². The summed E-state index contributed by atoms with van der Waals surface area (Å²) in [5.74, 6) is 0.483. The van der Waals surface area contributed by atoms with Gasteiger partial charge in [0.2, 0.25) is 10.0 Å². The molecule has 1 aromatic heterocycles. The molecule has 2 aromatic rings. The number of carbonyl (C=O) groups excluding carboxylic acids is 1. The van der Waals surface area contributed by atoms with Gasteiger partial charge in [-0.2, -0.15) is 4.31 Å². The topological polar surface area (TPSA) is 70.8 Å². The summed E-state index contributed by atoms with van der Waals surface area (Å²) in [7, 11) is -0.342. The Balaban J connectivity index is 2.15. The van der Waals surface area contributed by atoms with Gasteiger partial charge in [-0.05, 0) is 50.2 Å². The van der Waals surface area contributed by atoms with Crippen LogP contribution in [0.3, 0.4) is 0 Å². The minimum atomic E-state index is -3.55. The second-order valence-electron chi connectivity index (χ2n) is 5.88. The van der Waals surface area contributed by atoms with Crippen LogP contribution in [-0.4, -0.2) is 43.7 Å². The minimum absolute atomic E-state index is 0.143. The smallest absolute Gasteiger partial charge is 0.254 e. The second-order valence-corrected chi connectivity index (χ2v) is 7.88. The first kappa shape index (κ1) is 18.2. The maximum atomic E-state index is 12.4. The standard InChI is InChI=1S/C17H22N2O4S/c1-13(2)19(4)24(21,22)16-9-7-14(8-10-16)17(20)18(3)12-15-6-5-11-23-15/h5-11,13H,12H2,1-4H3. The molecule has 24 heavy (non-hydrogen) atoms. The number of carbonyl (C=O) groups is 1. The fraction of sp³-hybridized carbons (Fsp3) is 0.353. The van der Waals surface area contributed by atoms with E-state index >= 15 is 0 Å². The number of hydrogen-bond donors (Lipinski definition) is 0. The molecule has 0 radical (unpaired) electrons. The van der Waals surface area contributed by atoms with Crippen molar-refractivity contribution in [3.63, 3.8) is 0 Å². The van der Waals surface area contributed by atoms with Crippen molar-refractivity contribution in [2.24, 2.45) is 0 Å². The third-order valence-electron chi connectivity index (χ3n) is 3.83. The van der Waals surface area contributed by atoms with E-state index in [1.54, 1.807) is 39.3 Å². The third kappa shape index (κ3) is 3.85. The molecule has 1 aromatic carbocycles. The van der Waals surface area contributed by atoms with Crippen LogP contribution >= 0.6 is 0 Å². The van der Waals surface area contributed by atoms with Crippen molar-refractivity contribution in [1.82, 2.24) is 9.21 Å². The monoisotopic (exact) mass is 350 g/mol. The number of sulfonamides is 1. The van der Waals surface area contributed by atoms with Crippen molar-refractivity contribution in [2.75, 3.05) is 14.1 Å². The van der Waals surface area contributed by atoms with Crippen LogP contribution in [0, 0.1) is 0 Å². The van der Waals surface area contributed by atoms with Gasteiger partial charge in [-0.3, -0.25) is 4.79 Å². The predicted molar refractivity (Wildman–Crippen MR) is 91.0 cm³/mol. The van der Waals surface area contributed by atoms with Crippen molar-refractivity contribution in [3.05, 3.63) is 54.0 Å². The first-order valence-electron chi connectivity index (χ1n) is 7.59. The van der Waals surface area contributed by atoms with E-state index in [2.05, 4.69) is 0 Å². The van der Waals surface area contributed by atoms with E-state index < -0.39 is 10.0 Å². The molecule has 2 rings (SSSR count). The number of rotatable bonds is 6. The molecule has 0 aliphatic carbocycles. The van der Waals surface area contributed by atoms with E-state index in [1.165, 1.54) is 40.5 Å². The molecule has 1 amide bonds. The average Bonchev–Trinajstić information content (AvgIpc) is 3.06. The van der Waals surface area contributed by atoms with Crippen molar-refractivity contribution >= 4 is 15.9 Å². The number of amides is 1. The molecule has 0 bridgehead atoms. The van der Waals surface area contributed by atoms with Gasteiger partial charge in [0.1, 0.15) is 5.76 Å². The third-order valence-corrected chi connectivity index (χ3v) is 5.87. The summed E-state index contributed by atoms with van der Waals surface area (Å²) < 4.78 is 31.4. The van der Waals surface area contributed by atoms with Gasteiger partial charge in [-0.15, -0.1) is 0 Å². The molecular weight excluding hydrogens is 328 g/mol. The highest BCUT2D eigenvalue weighted by Gasteiger charge is 2.23. The predicted octanol–water partition coefficient (Wildman–Crippen LogP) is 2.58. The minimum Gasteiger partial charge on any atom is -0.467 e. The average molecular weight is 350 g/mol. The Morgan fingerprint density at radius 1 is 1.12 bits per heavy atom. The van der Waals surface area contributed by atoms with E-state index in [1.807, 2.05) is 0 Å². The van der Waals surface area contributed by atoms with Crippen LogP contribution in [-0.2, 0) is 16.6 Å². The largest absolute Gasteiger partial charge is 0.467 e. The molecule has 7 heteroatoms. The Hall–Kier alpha value is -2.12. The van der Waals surface area contributed by atoms with Gasteiger partial charge in [0.25, 0.3) is 5.91 Å². The van der Waals surface area contributed by atoms with Crippen LogP contribution in [0.4, 0.5) is 0 Å². The maximum absolute atomic E-state index is 12.4. The van der Waals surface area contributed by atoms with E-state index in [0.29, 0.717) is 17.9 Å². The molecule has 0 atom stereocenters. The molecule has 0 aliphatic rings. The lowest BCUT2D eigenvalue weighted by Crippen LogP contribution is -2.33. The van der Waals surface area contributed by atoms with E-state index in [4.69, 9.17) is 4.42 Å². The van der Waals surface area contributed by atoms with Crippen LogP contribution < -0.4 is 0 Å². The molecule has 0 N–H and O–H groups in total. The van der Waals surface area contributed by atoms with Gasteiger partial charge >= 0.3 is 0 Å². The molecule has 1 heterocycles. The van der Waals surface area contributed by atoms with Gasteiger partial charge in [0.15, 0.2) is 0 Å². The quantitative estimate of drug-likeness (QED) is 0.803. The Morgan fingerprint density at radius 2 is 1.75 bits per heavy atom. The van der Waals surface area contributed by atoms with Crippen molar-refractivity contribution < 1.29 is 17.6 Å². The van der Waals surface area contributed by atoms with Crippen LogP contribution in [0.25, 0.3) is 0 Å². The molecule has 0 aliphatic heterocycles. The fourth-order valence-electron chi connectivity index (χ4n) is 2.14. The van der Waals surface area contributed by atoms with Gasteiger partial charge < -0.3 is 9.32 Å².